The van der Waals surface area contributed by atoms with Crippen molar-refractivity contribution in [1.29, 1.82) is 0 Å². The van der Waals surface area contributed by atoms with E-state index in [0.29, 0.717) is 5.89 Å². The number of hydrogen-bond acceptors (Lipinski definition) is 2. The van der Waals surface area contributed by atoms with E-state index >= 15 is 0 Å². The molecule has 0 aliphatic rings. The van der Waals surface area contributed by atoms with E-state index in [4.69, 9.17) is 4.42 Å². The first kappa shape index (κ1) is 13.7. The average Bonchev–Trinajstić information content (AvgIpc) is 2.98. The first-order valence-corrected chi connectivity index (χ1v) is 7.64. The van der Waals surface area contributed by atoms with Crippen LogP contribution in [-0.4, -0.2) is 4.98 Å². The van der Waals surface area contributed by atoms with E-state index in [-0.39, 0.29) is 0 Å². The van der Waals surface area contributed by atoms with Crippen LogP contribution in [0.15, 0.2) is 71.3 Å². The van der Waals surface area contributed by atoms with Crippen molar-refractivity contribution >= 4 is 11.1 Å². The van der Waals surface area contributed by atoms with Crippen LogP contribution in [0.1, 0.15) is 5.56 Å². The van der Waals surface area contributed by atoms with E-state index in [9.17, 15) is 0 Å². The Hall–Kier alpha value is -2.94. The Morgan fingerprint density at radius 1 is 0.957 bits per heavy atom. The lowest BCUT2D eigenvalue weighted by atomic mass is 10.0. The highest BCUT2D eigenvalue weighted by Gasteiger charge is 2.17. The standard InChI is InChI=1S/C20H17N2O/c1-14-8-6-7-11-16(14)18-12-17-19(13-22(18)2)23-20(21-17)15-9-4-3-5-10-15/h3-13H,1-2H3/q+1. The number of aromatic nitrogens is 2. The third-order valence-corrected chi connectivity index (χ3v) is 4.09. The zero-order valence-corrected chi connectivity index (χ0v) is 13.2. The molecule has 3 nitrogen and oxygen atoms in total. The Morgan fingerprint density at radius 2 is 1.70 bits per heavy atom. The fraction of sp³-hybridized carbons (Fsp3) is 0.100. The number of benzene rings is 2. The molecule has 0 saturated carbocycles. The van der Waals surface area contributed by atoms with Gasteiger partial charge in [0.1, 0.15) is 12.6 Å². The topological polar surface area (TPSA) is 29.9 Å². The molecular formula is C20H17N2O+. The summed E-state index contributed by atoms with van der Waals surface area (Å²) in [5.74, 6) is 0.655. The average molecular weight is 301 g/mol. The molecule has 0 saturated heterocycles. The quantitative estimate of drug-likeness (QED) is 0.517. The highest BCUT2D eigenvalue weighted by molar-refractivity contribution is 5.78. The summed E-state index contributed by atoms with van der Waals surface area (Å²) < 4.78 is 8.01. The predicted octanol–water partition coefficient (Wildman–Crippen LogP) is 4.29. The minimum atomic E-state index is 0.655. The van der Waals surface area contributed by atoms with Gasteiger partial charge in [-0.3, -0.25) is 0 Å². The molecule has 3 heteroatoms. The maximum absolute atomic E-state index is 5.92. The summed E-state index contributed by atoms with van der Waals surface area (Å²) in [4.78, 5) is 4.66. The fourth-order valence-electron chi connectivity index (χ4n) is 2.85. The molecule has 0 aliphatic heterocycles. The normalized spacial score (nSPS) is 11.0. The second-order valence-electron chi connectivity index (χ2n) is 5.72. The zero-order valence-electron chi connectivity index (χ0n) is 13.2. The molecular weight excluding hydrogens is 284 g/mol. The number of rotatable bonds is 2. The second kappa shape index (κ2) is 5.36. The van der Waals surface area contributed by atoms with Crippen molar-refractivity contribution in [2.24, 2.45) is 7.05 Å². The lowest BCUT2D eigenvalue weighted by Crippen LogP contribution is -2.30. The monoisotopic (exact) mass is 301 g/mol. The summed E-state index contributed by atoms with van der Waals surface area (Å²) in [6.45, 7) is 2.12. The van der Waals surface area contributed by atoms with Crippen molar-refractivity contribution in [3.8, 4) is 22.7 Å². The van der Waals surface area contributed by atoms with Gasteiger partial charge >= 0.3 is 0 Å². The Bertz CT molecular complexity index is 987. The lowest BCUT2D eigenvalue weighted by Gasteiger charge is -2.03. The van der Waals surface area contributed by atoms with Gasteiger partial charge in [-0.05, 0) is 30.7 Å². The van der Waals surface area contributed by atoms with Crippen LogP contribution in [0.25, 0.3) is 33.8 Å². The van der Waals surface area contributed by atoms with Crippen LogP contribution in [0, 0.1) is 6.92 Å². The molecule has 0 unspecified atom stereocenters. The molecule has 2 aromatic carbocycles. The fourth-order valence-corrected chi connectivity index (χ4v) is 2.85. The van der Waals surface area contributed by atoms with Crippen molar-refractivity contribution in [1.82, 2.24) is 4.98 Å². The van der Waals surface area contributed by atoms with E-state index in [1.54, 1.807) is 0 Å². The van der Waals surface area contributed by atoms with Gasteiger partial charge in [-0.15, -0.1) is 0 Å². The third kappa shape index (κ3) is 2.40. The van der Waals surface area contributed by atoms with Gasteiger partial charge in [0, 0.05) is 17.2 Å². The third-order valence-electron chi connectivity index (χ3n) is 4.09. The lowest BCUT2D eigenvalue weighted by molar-refractivity contribution is -0.659. The van der Waals surface area contributed by atoms with Gasteiger partial charge in [-0.25, -0.2) is 4.98 Å². The maximum Gasteiger partial charge on any atom is 0.227 e. The number of fused-ring (bicyclic) bond motifs is 1. The molecule has 0 radical (unpaired) electrons. The van der Waals surface area contributed by atoms with Gasteiger partial charge in [0.2, 0.25) is 23.4 Å². The van der Waals surface area contributed by atoms with Crippen LogP contribution in [0.2, 0.25) is 0 Å². The summed E-state index contributed by atoms with van der Waals surface area (Å²) in [6, 6.07) is 20.4. The summed E-state index contributed by atoms with van der Waals surface area (Å²) in [5.41, 5.74) is 6.24. The first-order valence-electron chi connectivity index (χ1n) is 7.64. The van der Waals surface area contributed by atoms with Crippen LogP contribution in [0.4, 0.5) is 0 Å². The minimum absolute atomic E-state index is 0.655. The largest absolute Gasteiger partial charge is 0.430 e. The molecule has 0 N–H and O–H groups in total. The van der Waals surface area contributed by atoms with Crippen molar-refractivity contribution < 1.29 is 8.98 Å². The summed E-state index contributed by atoms with van der Waals surface area (Å²) in [6.07, 6.45) is 2.00. The van der Waals surface area contributed by atoms with Crippen molar-refractivity contribution in [2.75, 3.05) is 0 Å². The van der Waals surface area contributed by atoms with Gasteiger partial charge in [-0.2, -0.15) is 4.57 Å². The summed E-state index contributed by atoms with van der Waals surface area (Å²) >= 11 is 0. The number of nitrogens with zero attached hydrogens (tertiary/aromatic N) is 2. The Kier molecular flexibility index (Phi) is 3.19. The molecule has 2 aromatic heterocycles. The zero-order chi connectivity index (χ0) is 15.8. The van der Waals surface area contributed by atoms with Gasteiger partial charge in [0.15, 0.2) is 0 Å². The van der Waals surface area contributed by atoms with Crippen LogP contribution in [0.5, 0.6) is 0 Å². The molecule has 23 heavy (non-hydrogen) atoms. The molecule has 0 bridgehead atoms. The highest BCUT2D eigenvalue weighted by atomic mass is 16.3. The molecule has 4 aromatic rings. The molecule has 112 valence electrons. The van der Waals surface area contributed by atoms with E-state index < -0.39 is 0 Å². The number of aryl methyl sites for hydroxylation is 2. The molecule has 0 spiro atoms. The molecule has 0 fully saturated rings. The molecule has 0 amide bonds. The van der Waals surface area contributed by atoms with Crippen molar-refractivity contribution in [3.05, 3.63) is 72.4 Å². The molecule has 0 atom stereocenters. The Morgan fingerprint density at radius 3 is 2.48 bits per heavy atom. The van der Waals surface area contributed by atoms with Crippen LogP contribution < -0.4 is 4.57 Å². The number of hydrogen-bond donors (Lipinski definition) is 0. The maximum atomic E-state index is 5.92. The Balaban J connectivity index is 1.89. The Labute approximate surface area is 134 Å². The van der Waals surface area contributed by atoms with Crippen LogP contribution in [-0.2, 0) is 7.05 Å². The van der Waals surface area contributed by atoms with Crippen molar-refractivity contribution in [2.45, 2.75) is 6.92 Å². The van der Waals surface area contributed by atoms with Gasteiger partial charge in [-0.1, -0.05) is 36.4 Å². The first-order chi connectivity index (χ1) is 11.2. The van der Waals surface area contributed by atoms with E-state index in [1.165, 1.54) is 11.1 Å². The SMILES string of the molecule is Cc1ccccc1-c1cc2nc(-c3ccccc3)oc2c[n+]1C. The van der Waals surface area contributed by atoms with Crippen molar-refractivity contribution in [3.63, 3.8) is 0 Å². The predicted molar refractivity (Wildman–Crippen MR) is 90.8 cm³/mol. The van der Waals surface area contributed by atoms with E-state index in [2.05, 4.69) is 46.8 Å². The summed E-state index contributed by atoms with van der Waals surface area (Å²) in [7, 11) is 2.03. The number of oxazole rings is 1. The van der Waals surface area contributed by atoms with Gasteiger partial charge in [0.05, 0.1) is 0 Å². The number of pyridine rings is 1. The van der Waals surface area contributed by atoms with Gasteiger partial charge < -0.3 is 4.42 Å². The molecule has 4 rings (SSSR count). The summed E-state index contributed by atoms with van der Waals surface area (Å²) in [5, 5.41) is 0. The minimum Gasteiger partial charge on any atom is -0.430 e. The molecule has 0 aliphatic carbocycles. The van der Waals surface area contributed by atoms with Gasteiger partial charge in [0.25, 0.3) is 0 Å². The second-order valence-corrected chi connectivity index (χ2v) is 5.72. The van der Waals surface area contributed by atoms with E-state index in [0.717, 1.165) is 22.4 Å². The van der Waals surface area contributed by atoms with Crippen LogP contribution in [0.3, 0.4) is 0 Å². The smallest absolute Gasteiger partial charge is 0.227 e. The molecule has 2 heterocycles. The van der Waals surface area contributed by atoms with Crippen LogP contribution >= 0.6 is 0 Å². The highest BCUT2D eigenvalue weighted by Crippen LogP contribution is 2.27. The van der Waals surface area contributed by atoms with E-state index in [1.807, 2.05) is 43.6 Å².